The Balaban J connectivity index is 1.53. The second-order valence-electron chi connectivity index (χ2n) is 6.57. The highest BCUT2D eigenvalue weighted by Crippen LogP contribution is 2.26. The lowest BCUT2D eigenvalue weighted by Crippen LogP contribution is -2.07. The maximum atomic E-state index is 14.2. The molecule has 142 valence electrons. The number of halogens is 1. The van der Waals surface area contributed by atoms with Crippen LogP contribution in [0.4, 0.5) is 10.2 Å². The van der Waals surface area contributed by atoms with E-state index in [9.17, 15) is 4.39 Å². The Hall–Kier alpha value is -3.85. The molecule has 0 unspecified atom stereocenters. The first-order chi connectivity index (χ1) is 14.2. The highest BCUT2D eigenvalue weighted by atomic mass is 19.1. The van der Waals surface area contributed by atoms with Crippen LogP contribution in [0.15, 0.2) is 66.9 Å². The van der Waals surface area contributed by atoms with Gasteiger partial charge in [0.05, 0.1) is 16.6 Å². The monoisotopic (exact) mass is 383 g/mol. The zero-order valence-corrected chi connectivity index (χ0v) is 15.6. The summed E-state index contributed by atoms with van der Waals surface area (Å²) < 4.78 is 14.2. The number of benzene rings is 2. The second-order valence-corrected chi connectivity index (χ2v) is 6.57. The van der Waals surface area contributed by atoms with E-state index in [4.69, 9.17) is 5.26 Å². The first kappa shape index (κ1) is 18.5. The summed E-state index contributed by atoms with van der Waals surface area (Å²) in [6.07, 6.45) is 3.20. The van der Waals surface area contributed by atoms with E-state index in [0.29, 0.717) is 29.3 Å². The van der Waals surface area contributed by atoms with Crippen LogP contribution in [0, 0.1) is 17.1 Å². The van der Waals surface area contributed by atoms with Crippen molar-refractivity contribution >= 4 is 16.7 Å². The van der Waals surface area contributed by atoms with Crippen molar-refractivity contribution in [1.29, 1.82) is 5.26 Å². The summed E-state index contributed by atoms with van der Waals surface area (Å²) in [6, 6.07) is 19.9. The van der Waals surface area contributed by atoms with Gasteiger partial charge in [0.15, 0.2) is 5.82 Å². The Kier molecular flexibility index (Phi) is 5.39. The minimum absolute atomic E-state index is 0.347. The Morgan fingerprint density at radius 2 is 1.79 bits per heavy atom. The van der Waals surface area contributed by atoms with Gasteiger partial charge in [-0.2, -0.15) is 5.26 Å². The van der Waals surface area contributed by atoms with E-state index in [2.05, 4.69) is 26.3 Å². The summed E-state index contributed by atoms with van der Waals surface area (Å²) in [4.78, 5) is 13.4. The van der Waals surface area contributed by atoms with E-state index in [0.717, 1.165) is 29.4 Å². The van der Waals surface area contributed by atoms with Crippen LogP contribution in [0.1, 0.15) is 17.7 Å². The van der Waals surface area contributed by atoms with Gasteiger partial charge < -0.3 is 5.32 Å². The second kappa shape index (κ2) is 8.44. The maximum absolute atomic E-state index is 14.2. The van der Waals surface area contributed by atoms with Gasteiger partial charge in [-0.15, -0.1) is 0 Å². The Morgan fingerprint density at radius 3 is 2.59 bits per heavy atom. The largest absolute Gasteiger partial charge is 0.369 e. The maximum Gasteiger partial charge on any atom is 0.165 e. The fourth-order valence-corrected chi connectivity index (χ4v) is 3.09. The molecular weight excluding hydrogens is 365 g/mol. The zero-order valence-electron chi connectivity index (χ0n) is 15.6. The quantitative estimate of drug-likeness (QED) is 0.487. The number of aromatic nitrogens is 3. The first-order valence-electron chi connectivity index (χ1n) is 9.35. The molecule has 0 spiro atoms. The fraction of sp³-hybridized carbons (Fsp3) is 0.130. The molecule has 29 heavy (non-hydrogen) atoms. The van der Waals surface area contributed by atoms with E-state index in [1.54, 1.807) is 30.5 Å². The molecule has 4 aromatic rings. The summed E-state index contributed by atoms with van der Waals surface area (Å²) in [7, 11) is 0. The lowest BCUT2D eigenvalue weighted by Gasteiger charge is -2.11. The van der Waals surface area contributed by atoms with Crippen molar-refractivity contribution in [2.45, 2.75) is 12.8 Å². The number of hydrogen-bond acceptors (Lipinski definition) is 5. The number of fused-ring (bicyclic) bond motifs is 1. The molecule has 6 heteroatoms. The molecule has 0 amide bonds. The minimum atomic E-state index is -0.347. The van der Waals surface area contributed by atoms with Gasteiger partial charge in [-0.05, 0) is 49.2 Å². The third kappa shape index (κ3) is 4.19. The van der Waals surface area contributed by atoms with Gasteiger partial charge in [-0.3, -0.25) is 4.98 Å². The number of rotatable bonds is 6. The average Bonchev–Trinajstić information content (AvgIpc) is 2.77. The number of nitriles is 1. The van der Waals surface area contributed by atoms with Gasteiger partial charge in [-0.25, -0.2) is 14.4 Å². The van der Waals surface area contributed by atoms with Crippen molar-refractivity contribution in [3.63, 3.8) is 0 Å². The molecule has 0 aliphatic rings. The van der Waals surface area contributed by atoms with Crippen molar-refractivity contribution in [2.75, 3.05) is 11.9 Å². The minimum Gasteiger partial charge on any atom is -0.369 e. The van der Waals surface area contributed by atoms with Crippen molar-refractivity contribution in [2.24, 2.45) is 0 Å². The van der Waals surface area contributed by atoms with Gasteiger partial charge >= 0.3 is 0 Å². The SMILES string of the molecule is N#Cc1ccc(CCCNc2nc(-c3ccccc3F)nc3ccccc23)nc1. The standard InChI is InChI=1S/C23H18FN5/c24-20-9-3-1-7-18(20)23-28-21-10-4-2-8-19(21)22(29-23)26-13-5-6-17-12-11-16(14-25)15-27-17/h1-4,7-12,15H,5-6,13H2,(H,26,28,29). The molecule has 5 nitrogen and oxygen atoms in total. The molecule has 0 saturated carbocycles. The Bertz CT molecular complexity index is 1180. The van der Waals surface area contributed by atoms with Gasteiger partial charge in [0.25, 0.3) is 0 Å². The Morgan fingerprint density at radius 1 is 0.966 bits per heavy atom. The van der Waals surface area contributed by atoms with Gasteiger partial charge in [0.2, 0.25) is 0 Å². The summed E-state index contributed by atoms with van der Waals surface area (Å²) in [5.41, 5.74) is 2.63. The van der Waals surface area contributed by atoms with E-state index in [1.807, 2.05) is 30.3 Å². The van der Waals surface area contributed by atoms with Crippen LogP contribution in [-0.4, -0.2) is 21.5 Å². The topological polar surface area (TPSA) is 74.5 Å². The number of para-hydroxylation sites is 1. The highest BCUT2D eigenvalue weighted by Gasteiger charge is 2.12. The molecule has 0 saturated heterocycles. The molecule has 0 atom stereocenters. The fourth-order valence-electron chi connectivity index (χ4n) is 3.09. The van der Waals surface area contributed by atoms with Crippen LogP contribution in [0.2, 0.25) is 0 Å². The summed E-state index contributed by atoms with van der Waals surface area (Å²) in [5.74, 6) is 0.695. The predicted octanol–water partition coefficient (Wildman–Crippen LogP) is 4.75. The predicted molar refractivity (Wildman–Crippen MR) is 111 cm³/mol. The van der Waals surface area contributed by atoms with Crippen molar-refractivity contribution in [1.82, 2.24) is 15.0 Å². The highest BCUT2D eigenvalue weighted by molar-refractivity contribution is 5.90. The zero-order chi connectivity index (χ0) is 20.1. The van der Waals surface area contributed by atoms with Gasteiger partial charge in [-0.1, -0.05) is 24.3 Å². The average molecular weight is 383 g/mol. The molecule has 0 radical (unpaired) electrons. The van der Waals surface area contributed by atoms with E-state index >= 15 is 0 Å². The third-order valence-electron chi connectivity index (χ3n) is 4.57. The summed E-state index contributed by atoms with van der Waals surface area (Å²) in [5, 5.41) is 13.1. The molecule has 0 bridgehead atoms. The van der Waals surface area contributed by atoms with Crippen molar-refractivity contribution < 1.29 is 4.39 Å². The molecule has 2 aromatic heterocycles. The van der Waals surface area contributed by atoms with E-state index < -0.39 is 0 Å². The van der Waals surface area contributed by atoms with E-state index in [-0.39, 0.29) is 5.82 Å². The van der Waals surface area contributed by atoms with Crippen LogP contribution in [0.5, 0.6) is 0 Å². The van der Waals surface area contributed by atoms with Crippen molar-refractivity contribution in [3.05, 3.63) is 83.9 Å². The smallest absolute Gasteiger partial charge is 0.165 e. The van der Waals surface area contributed by atoms with Crippen LogP contribution in [-0.2, 0) is 6.42 Å². The van der Waals surface area contributed by atoms with Crippen LogP contribution < -0.4 is 5.32 Å². The molecule has 4 rings (SSSR count). The third-order valence-corrected chi connectivity index (χ3v) is 4.57. The summed E-state index contributed by atoms with van der Waals surface area (Å²) in [6.45, 7) is 0.680. The van der Waals surface area contributed by atoms with Gasteiger partial charge in [0, 0.05) is 23.8 Å². The number of aryl methyl sites for hydroxylation is 1. The normalized spacial score (nSPS) is 10.6. The number of anilines is 1. The van der Waals surface area contributed by atoms with Crippen LogP contribution in [0.3, 0.4) is 0 Å². The summed E-state index contributed by atoms with van der Waals surface area (Å²) >= 11 is 0. The van der Waals surface area contributed by atoms with Crippen molar-refractivity contribution in [3.8, 4) is 17.5 Å². The lowest BCUT2D eigenvalue weighted by molar-refractivity contribution is 0.630. The molecule has 1 N–H and O–H groups in total. The van der Waals surface area contributed by atoms with Crippen LogP contribution in [0.25, 0.3) is 22.3 Å². The lowest BCUT2D eigenvalue weighted by atomic mass is 10.1. The molecule has 0 fully saturated rings. The van der Waals surface area contributed by atoms with Crippen LogP contribution >= 0.6 is 0 Å². The van der Waals surface area contributed by atoms with Gasteiger partial charge in [0.1, 0.15) is 17.7 Å². The number of nitrogens with one attached hydrogen (secondary N) is 1. The molecule has 0 aliphatic carbocycles. The molecule has 2 heterocycles. The number of pyridine rings is 1. The number of nitrogens with zero attached hydrogens (tertiary/aromatic N) is 4. The number of hydrogen-bond donors (Lipinski definition) is 1. The Labute approximate surface area is 167 Å². The molecule has 2 aromatic carbocycles. The van der Waals surface area contributed by atoms with E-state index in [1.165, 1.54) is 6.07 Å². The molecular formula is C23H18FN5. The first-order valence-corrected chi connectivity index (χ1v) is 9.35. The molecule has 0 aliphatic heterocycles.